The molecule has 0 aliphatic rings. The van der Waals surface area contributed by atoms with Crippen LogP contribution in [0.15, 0.2) is 12.4 Å². The van der Waals surface area contributed by atoms with Crippen molar-refractivity contribution >= 4 is 5.97 Å². The summed E-state index contributed by atoms with van der Waals surface area (Å²) in [6.45, 7) is 4.93. The number of hydrogen-bond acceptors (Lipinski definition) is 2. The fourth-order valence-corrected chi connectivity index (χ4v) is 1.41. The fourth-order valence-electron chi connectivity index (χ4n) is 1.41. The van der Waals surface area contributed by atoms with E-state index < -0.39 is 5.97 Å². The maximum atomic E-state index is 10.4. The van der Waals surface area contributed by atoms with Crippen LogP contribution in [-0.4, -0.2) is 10.5 Å². The second-order valence-corrected chi connectivity index (χ2v) is 3.39. The zero-order valence-corrected chi connectivity index (χ0v) is 8.69. The topological polar surface area (TPSA) is 48.9 Å². The van der Waals surface area contributed by atoms with Crippen LogP contribution in [0.3, 0.4) is 0 Å². The van der Waals surface area contributed by atoms with E-state index in [0.29, 0.717) is 0 Å². The molecule has 1 heterocycles. The minimum Gasteiger partial charge on any atom is -0.546 e. The number of carbonyl (C=O) groups excluding carboxylic acids is 1. The SMILES string of the molecule is CCCCn1cc[n+](CC(=O)[O-])c1C. The van der Waals surface area contributed by atoms with Gasteiger partial charge in [0.2, 0.25) is 0 Å². The van der Waals surface area contributed by atoms with Crippen LogP contribution in [0.2, 0.25) is 0 Å². The number of nitrogens with zero attached hydrogens (tertiary/aromatic N) is 2. The van der Waals surface area contributed by atoms with Crippen molar-refractivity contribution in [3.8, 4) is 0 Å². The first kappa shape index (κ1) is 10.8. The normalized spacial score (nSPS) is 10.4. The second-order valence-electron chi connectivity index (χ2n) is 3.39. The average molecular weight is 196 g/mol. The summed E-state index contributed by atoms with van der Waals surface area (Å²) in [5, 5.41) is 10.4. The highest BCUT2D eigenvalue weighted by molar-refractivity contribution is 5.62. The van der Waals surface area contributed by atoms with Crippen LogP contribution in [-0.2, 0) is 17.9 Å². The third-order valence-electron chi connectivity index (χ3n) is 2.31. The lowest BCUT2D eigenvalue weighted by atomic mass is 10.3. The molecule has 4 heteroatoms. The number of hydrogen-bond donors (Lipinski definition) is 0. The second kappa shape index (κ2) is 4.79. The number of aryl methyl sites for hydroxylation is 1. The van der Waals surface area contributed by atoms with Gasteiger partial charge in [-0.3, -0.25) is 0 Å². The zero-order chi connectivity index (χ0) is 10.6. The van der Waals surface area contributed by atoms with Gasteiger partial charge in [-0.2, -0.15) is 0 Å². The van der Waals surface area contributed by atoms with Crippen molar-refractivity contribution < 1.29 is 14.5 Å². The Bertz CT molecular complexity index is 318. The lowest BCUT2D eigenvalue weighted by molar-refractivity contribution is -0.696. The monoisotopic (exact) mass is 196 g/mol. The van der Waals surface area contributed by atoms with Crippen molar-refractivity contribution in [2.45, 2.75) is 39.8 Å². The van der Waals surface area contributed by atoms with E-state index in [9.17, 15) is 9.90 Å². The van der Waals surface area contributed by atoms with Gasteiger partial charge < -0.3 is 9.90 Å². The number of carboxylic acids is 1. The van der Waals surface area contributed by atoms with E-state index in [-0.39, 0.29) is 6.54 Å². The van der Waals surface area contributed by atoms with Crippen molar-refractivity contribution in [3.05, 3.63) is 18.2 Å². The molecule has 0 amide bonds. The molecule has 0 saturated heterocycles. The molecule has 14 heavy (non-hydrogen) atoms. The predicted octanol–water partition coefficient (Wildman–Crippen LogP) is -0.366. The van der Waals surface area contributed by atoms with Gasteiger partial charge in [-0.1, -0.05) is 13.3 Å². The molecule has 1 aromatic rings. The Balaban J connectivity index is 2.69. The zero-order valence-electron chi connectivity index (χ0n) is 8.69. The van der Waals surface area contributed by atoms with Crippen LogP contribution < -0.4 is 9.67 Å². The lowest BCUT2D eigenvalue weighted by Gasteiger charge is -2.01. The van der Waals surface area contributed by atoms with Crippen molar-refractivity contribution in [1.82, 2.24) is 4.57 Å². The third-order valence-corrected chi connectivity index (χ3v) is 2.31. The number of imidazole rings is 1. The van der Waals surface area contributed by atoms with Crippen LogP contribution in [0, 0.1) is 6.92 Å². The van der Waals surface area contributed by atoms with Gasteiger partial charge in [-0.15, -0.1) is 0 Å². The Morgan fingerprint density at radius 2 is 2.36 bits per heavy atom. The molecule has 0 saturated carbocycles. The standard InChI is InChI=1S/C10H16N2O2/c1-3-4-5-11-6-7-12(9(11)2)8-10(13)14/h6-7H,3-5,8H2,1-2H3. The Labute approximate surface area is 83.8 Å². The Morgan fingerprint density at radius 1 is 1.64 bits per heavy atom. The van der Waals surface area contributed by atoms with E-state index in [2.05, 4.69) is 11.5 Å². The Hall–Kier alpha value is -1.32. The van der Waals surface area contributed by atoms with E-state index in [0.717, 1.165) is 25.2 Å². The van der Waals surface area contributed by atoms with E-state index in [1.165, 1.54) is 0 Å². The molecule has 78 valence electrons. The number of rotatable bonds is 5. The molecule has 0 spiro atoms. The van der Waals surface area contributed by atoms with Crippen LogP contribution in [0.5, 0.6) is 0 Å². The molecule has 0 aliphatic heterocycles. The van der Waals surface area contributed by atoms with Crippen LogP contribution in [0.25, 0.3) is 0 Å². The number of aliphatic carboxylic acids is 1. The quantitative estimate of drug-likeness (QED) is 0.603. The summed E-state index contributed by atoms with van der Waals surface area (Å²) in [5.74, 6) is -0.0889. The number of carbonyl (C=O) groups is 1. The van der Waals surface area contributed by atoms with E-state index in [4.69, 9.17) is 0 Å². The lowest BCUT2D eigenvalue weighted by Crippen LogP contribution is -2.44. The average Bonchev–Trinajstić information content (AvgIpc) is 2.45. The fraction of sp³-hybridized carbons (Fsp3) is 0.600. The highest BCUT2D eigenvalue weighted by Crippen LogP contribution is 1.97. The van der Waals surface area contributed by atoms with Crippen LogP contribution >= 0.6 is 0 Å². The Morgan fingerprint density at radius 3 is 2.93 bits per heavy atom. The first-order valence-corrected chi connectivity index (χ1v) is 4.90. The van der Waals surface area contributed by atoms with E-state index in [1.807, 2.05) is 13.1 Å². The molecule has 0 bridgehead atoms. The van der Waals surface area contributed by atoms with Crippen molar-refractivity contribution in [3.63, 3.8) is 0 Å². The molecule has 0 aliphatic carbocycles. The summed E-state index contributed by atoms with van der Waals surface area (Å²) in [7, 11) is 0. The van der Waals surface area contributed by atoms with Crippen LogP contribution in [0.4, 0.5) is 0 Å². The molecular formula is C10H16N2O2. The van der Waals surface area contributed by atoms with Crippen molar-refractivity contribution in [2.75, 3.05) is 0 Å². The number of carboxylic acid groups (broad SMARTS) is 1. The predicted molar refractivity (Wildman–Crippen MR) is 49.3 cm³/mol. The van der Waals surface area contributed by atoms with Gasteiger partial charge in [0.15, 0.2) is 0 Å². The highest BCUT2D eigenvalue weighted by Gasteiger charge is 2.10. The van der Waals surface area contributed by atoms with Gasteiger partial charge in [0, 0.05) is 6.92 Å². The summed E-state index contributed by atoms with van der Waals surface area (Å²) in [6, 6.07) is 0. The first-order valence-electron chi connectivity index (χ1n) is 4.90. The molecule has 0 radical (unpaired) electrons. The Kier molecular flexibility index (Phi) is 3.68. The molecule has 1 rings (SSSR count). The summed E-state index contributed by atoms with van der Waals surface area (Å²) in [5.41, 5.74) is 0. The summed E-state index contributed by atoms with van der Waals surface area (Å²) in [4.78, 5) is 10.4. The summed E-state index contributed by atoms with van der Waals surface area (Å²) >= 11 is 0. The van der Waals surface area contributed by atoms with Gasteiger partial charge in [0.05, 0.1) is 12.5 Å². The van der Waals surface area contributed by atoms with Gasteiger partial charge in [0.25, 0.3) is 5.82 Å². The third kappa shape index (κ3) is 2.58. The summed E-state index contributed by atoms with van der Waals surface area (Å²) in [6.07, 6.45) is 5.94. The summed E-state index contributed by atoms with van der Waals surface area (Å²) < 4.78 is 3.75. The van der Waals surface area contributed by atoms with E-state index >= 15 is 0 Å². The van der Waals surface area contributed by atoms with Crippen LogP contribution in [0.1, 0.15) is 25.6 Å². The highest BCUT2D eigenvalue weighted by atomic mass is 16.4. The minimum absolute atomic E-state index is 0.0645. The van der Waals surface area contributed by atoms with Crippen molar-refractivity contribution in [2.24, 2.45) is 0 Å². The van der Waals surface area contributed by atoms with Crippen molar-refractivity contribution in [1.29, 1.82) is 0 Å². The van der Waals surface area contributed by atoms with Gasteiger partial charge >= 0.3 is 0 Å². The minimum atomic E-state index is -1.05. The van der Waals surface area contributed by atoms with Gasteiger partial charge in [0.1, 0.15) is 18.9 Å². The van der Waals surface area contributed by atoms with Gasteiger partial charge in [-0.25, -0.2) is 9.13 Å². The molecule has 4 nitrogen and oxygen atoms in total. The smallest absolute Gasteiger partial charge is 0.253 e. The number of unbranched alkanes of at least 4 members (excludes halogenated alkanes) is 1. The number of aromatic nitrogens is 2. The van der Waals surface area contributed by atoms with E-state index in [1.54, 1.807) is 10.8 Å². The maximum absolute atomic E-state index is 10.4. The molecule has 0 fully saturated rings. The molecule has 1 aromatic heterocycles. The maximum Gasteiger partial charge on any atom is 0.253 e. The molecular weight excluding hydrogens is 180 g/mol. The van der Waals surface area contributed by atoms with Gasteiger partial charge in [-0.05, 0) is 6.42 Å². The molecule has 0 unspecified atom stereocenters. The molecule has 0 N–H and O–H groups in total. The molecule has 0 atom stereocenters. The largest absolute Gasteiger partial charge is 0.546 e. The first-order chi connectivity index (χ1) is 6.65. The molecule has 0 aromatic carbocycles.